The van der Waals surface area contributed by atoms with E-state index in [2.05, 4.69) is 19.6 Å². The number of allylic oxidation sites excluding steroid dienone is 4. The van der Waals surface area contributed by atoms with Crippen LogP contribution in [0.3, 0.4) is 0 Å². The second-order valence-electron chi connectivity index (χ2n) is 5.46. The van der Waals surface area contributed by atoms with Crippen molar-refractivity contribution in [3.05, 3.63) is 24.0 Å². The minimum absolute atomic E-state index is 0.241. The van der Waals surface area contributed by atoms with Gasteiger partial charge in [0, 0.05) is 6.42 Å². The molecule has 0 rings (SSSR count). The number of carbonyl (C=O) groups is 1. The van der Waals surface area contributed by atoms with E-state index in [1.54, 1.807) is 6.08 Å². The van der Waals surface area contributed by atoms with Gasteiger partial charge >= 0.3 is 5.97 Å². The first-order valence-electron chi connectivity index (χ1n) is 6.08. The Hall–Kier alpha value is -1.03. The molecule has 0 atom stereocenters. The molecule has 0 saturated carbocycles. The summed E-state index contributed by atoms with van der Waals surface area (Å²) in [4.78, 5) is 10.3. The maximum Gasteiger partial charge on any atom is 0.303 e. The van der Waals surface area contributed by atoms with Crippen LogP contribution in [0.5, 0.6) is 0 Å². The van der Waals surface area contributed by atoms with Gasteiger partial charge in [0.15, 0.2) is 0 Å². The summed E-state index contributed by atoms with van der Waals surface area (Å²) in [5.74, 6) is -0.285. The lowest BCUT2D eigenvalue weighted by molar-refractivity contribution is -0.137. The van der Waals surface area contributed by atoms with E-state index in [1.807, 2.05) is 12.2 Å². The maximum atomic E-state index is 10.3. The molecule has 0 bridgehead atoms. The third-order valence-corrected chi connectivity index (χ3v) is 3.57. The van der Waals surface area contributed by atoms with Crippen molar-refractivity contribution in [2.45, 2.75) is 51.4 Å². The Labute approximate surface area is 105 Å². The highest BCUT2D eigenvalue weighted by atomic mass is 28.3. The van der Waals surface area contributed by atoms with Crippen molar-refractivity contribution in [2.24, 2.45) is 0 Å². The van der Waals surface area contributed by atoms with Crippen molar-refractivity contribution in [2.75, 3.05) is 0 Å². The standard InChI is InChI=1S/C13H24O3Si/c1-17(2,3)11-12(14)9-7-5-4-6-8-10-13(15)16/h5,7,9,14H,4,6,8,10-11H2,1-3H3,(H,15,16)/b7-5+,12-9+. The fraction of sp³-hybridized carbons (Fsp3) is 0.615. The van der Waals surface area contributed by atoms with Gasteiger partial charge in [-0.15, -0.1) is 0 Å². The Balaban J connectivity index is 3.72. The Morgan fingerprint density at radius 2 is 1.82 bits per heavy atom. The highest BCUT2D eigenvalue weighted by Crippen LogP contribution is 2.13. The average Bonchev–Trinajstić information content (AvgIpc) is 2.12. The van der Waals surface area contributed by atoms with Crippen molar-refractivity contribution in [1.82, 2.24) is 0 Å². The zero-order valence-corrected chi connectivity index (χ0v) is 12.1. The van der Waals surface area contributed by atoms with Crippen LogP contribution < -0.4 is 0 Å². The van der Waals surface area contributed by atoms with E-state index in [0.29, 0.717) is 12.2 Å². The predicted octanol–water partition coefficient (Wildman–Crippen LogP) is 3.97. The molecule has 0 aromatic carbocycles. The number of unbranched alkanes of at least 4 members (excludes halogenated alkanes) is 2. The monoisotopic (exact) mass is 256 g/mol. The van der Waals surface area contributed by atoms with Gasteiger partial charge in [-0.2, -0.15) is 0 Å². The largest absolute Gasteiger partial charge is 0.513 e. The molecule has 0 spiro atoms. The normalized spacial score (nSPS) is 13.2. The number of aliphatic carboxylic acids is 1. The zero-order chi connectivity index (χ0) is 13.3. The number of hydrogen-bond donors (Lipinski definition) is 2. The number of carboxylic acid groups (broad SMARTS) is 1. The molecule has 0 saturated heterocycles. The van der Waals surface area contributed by atoms with Crippen molar-refractivity contribution >= 4 is 14.0 Å². The first kappa shape index (κ1) is 16.0. The molecule has 2 N–H and O–H groups in total. The van der Waals surface area contributed by atoms with Crippen LogP contribution in [0.15, 0.2) is 24.0 Å². The quantitative estimate of drug-likeness (QED) is 0.299. The average molecular weight is 256 g/mol. The van der Waals surface area contributed by atoms with Crippen molar-refractivity contribution in [3.8, 4) is 0 Å². The first-order valence-corrected chi connectivity index (χ1v) is 9.78. The number of carboxylic acids is 1. The summed E-state index contributed by atoms with van der Waals surface area (Å²) in [6.45, 7) is 6.64. The molecule has 0 radical (unpaired) electrons. The fourth-order valence-corrected chi connectivity index (χ4v) is 2.62. The van der Waals surface area contributed by atoms with Gasteiger partial charge in [0.05, 0.1) is 13.8 Å². The molecule has 0 fully saturated rings. The van der Waals surface area contributed by atoms with Crippen LogP contribution in [0, 0.1) is 0 Å². The van der Waals surface area contributed by atoms with Crippen molar-refractivity contribution in [3.63, 3.8) is 0 Å². The topological polar surface area (TPSA) is 57.5 Å². The second kappa shape index (κ2) is 8.12. The van der Waals surface area contributed by atoms with Crippen LogP contribution in [0.1, 0.15) is 25.7 Å². The van der Waals surface area contributed by atoms with Gasteiger partial charge in [-0.25, -0.2) is 0 Å². The summed E-state index contributed by atoms with van der Waals surface area (Å²) >= 11 is 0. The van der Waals surface area contributed by atoms with E-state index < -0.39 is 14.0 Å². The van der Waals surface area contributed by atoms with Gasteiger partial charge in [0.2, 0.25) is 0 Å². The van der Waals surface area contributed by atoms with Crippen molar-refractivity contribution < 1.29 is 15.0 Å². The van der Waals surface area contributed by atoms with E-state index in [9.17, 15) is 9.90 Å². The van der Waals surface area contributed by atoms with Crippen LogP contribution in [0.25, 0.3) is 0 Å². The lowest BCUT2D eigenvalue weighted by Crippen LogP contribution is -2.19. The molecule has 4 heteroatoms. The second-order valence-corrected chi connectivity index (χ2v) is 10.9. The summed E-state index contributed by atoms with van der Waals surface area (Å²) in [6.07, 6.45) is 8.28. The van der Waals surface area contributed by atoms with E-state index in [4.69, 9.17) is 5.11 Å². The van der Waals surface area contributed by atoms with Crippen LogP contribution in [0.2, 0.25) is 25.7 Å². The zero-order valence-electron chi connectivity index (χ0n) is 11.1. The lowest BCUT2D eigenvalue weighted by Gasteiger charge is -2.13. The molecule has 0 aromatic rings. The summed E-state index contributed by atoms with van der Waals surface area (Å²) in [5.41, 5.74) is 0. The fourth-order valence-electron chi connectivity index (χ4n) is 1.42. The lowest BCUT2D eigenvalue weighted by atomic mass is 10.2. The molecule has 0 amide bonds. The minimum Gasteiger partial charge on any atom is -0.513 e. The van der Waals surface area contributed by atoms with Crippen LogP contribution in [-0.2, 0) is 4.79 Å². The van der Waals surface area contributed by atoms with Gasteiger partial charge < -0.3 is 10.2 Å². The number of aliphatic hydroxyl groups is 1. The highest BCUT2D eigenvalue weighted by molar-refractivity contribution is 6.76. The van der Waals surface area contributed by atoms with Crippen LogP contribution in [-0.4, -0.2) is 24.3 Å². The van der Waals surface area contributed by atoms with Gasteiger partial charge in [-0.3, -0.25) is 4.79 Å². The minimum atomic E-state index is -1.23. The molecule has 0 aliphatic heterocycles. The molecule has 0 aliphatic carbocycles. The van der Waals surface area contributed by atoms with Gasteiger partial charge in [0.25, 0.3) is 0 Å². The molecule has 0 aromatic heterocycles. The van der Waals surface area contributed by atoms with Gasteiger partial charge in [0.1, 0.15) is 0 Å². The third-order valence-electron chi connectivity index (χ3n) is 2.15. The maximum absolute atomic E-state index is 10.3. The smallest absolute Gasteiger partial charge is 0.303 e. The van der Waals surface area contributed by atoms with E-state index in [0.717, 1.165) is 18.9 Å². The number of rotatable bonds is 8. The SMILES string of the molecule is C[Si](C)(C)C/C(O)=C\C=C\CCCCC(=O)O. The first-order chi connectivity index (χ1) is 7.81. The number of hydrogen-bond acceptors (Lipinski definition) is 2. The molecule has 0 heterocycles. The van der Waals surface area contributed by atoms with E-state index >= 15 is 0 Å². The van der Waals surface area contributed by atoms with Gasteiger partial charge in [-0.05, 0) is 31.4 Å². The number of aliphatic hydroxyl groups excluding tert-OH is 1. The Kier molecular flexibility index (Phi) is 7.62. The Morgan fingerprint density at radius 1 is 1.18 bits per heavy atom. The molecule has 3 nitrogen and oxygen atoms in total. The van der Waals surface area contributed by atoms with Gasteiger partial charge in [-0.1, -0.05) is 31.8 Å². The summed E-state index contributed by atoms with van der Waals surface area (Å²) in [7, 11) is -1.23. The third kappa shape index (κ3) is 12.9. The summed E-state index contributed by atoms with van der Waals surface area (Å²) < 4.78 is 0. The summed E-state index contributed by atoms with van der Waals surface area (Å²) in [5, 5.41) is 18.1. The molecule has 17 heavy (non-hydrogen) atoms. The molecular formula is C13H24O3Si. The molecule has 0 aliphatic rings. The van der Waals surface area contributed by atoms with E-state index in [1.165, 1.54) is 0 Å². The summed E-state index contributed by atoms with van der Waals surface area (Å²) in [6, 6.07) is 0.802. The van der Waals surface area contributed by atoms with Crippen LogP contribution >= 0.6 is 0 Å². The molecule has 98 valence electrons. The van der Waals surface area contributed by atoms with E-state index in [-0.39, 0.29) is 6.42 Å². The predicted molar refractivity (Wildman–Crippen MR) is 74.1 cm³/mol. The Bertz CT molecular complexity index is 288. The van der Waals surface area contributed by atoms with Crippen molar-refractivity contribution in [1.29, 1.82) is 0 Å². The molecule has 0 unspecified atom stereocenters. The Morgan fingerprint density at radius 3 is 2.35 bits per heavy atom. The highest BCUT2D eigenvalue weighted by Gasteiger charge is 2.14. The van der Waals surface area contributed by atoms with Crippen LogP contribution in [0.4, 0.5) is 0 Å². The molecular weight excluding hydrogens is 232 g/mol.